The molecule has 4 nitrogen and oxygen atoms in total. The Bertz CT molecular complexity index is 957. The molecule has 7 heteroatoms. The van der Waals surface area contributed by atoms with Crippen LogP contribution in [0, 0.1) is 5.41 Å². The number of piperidine rings is 1. The fraction of sp³-hybridized carbons (Fsp3) is 0.333. The molecule has 1 aromatic carbocycles. The molecule has 0 bridgehead atoms. The van der Waals surface area contributed by atoms with Gasteiger partial charge in [0, 0.05) is 28.9 Å². The number of carbonyl (C=O) groups is 1. The van der Waals surface area contributed by atoms with Gasteiger partial charge in [0.15, 0.2) is 0 Å². The summed E-state index contributed by atoms with van der Waals surface area (Å²) in [6.07, 6.45) is 2.46. The molecule has 0 aliphatic carbocycles. The predicted molar refractivity (Wildman–Crippen MR) is 115 cm³/mol. The molecule has 1 fully saturated rings. The lowest BCUT2D eigenvalue weighted by Gasteiger charge is -2.41. The molecule has 1 amide bonds. The van der Waals surface area contributed by atoms with Crippen LogP contribution in [0.5, 0.6) is 0 Å². The first-order chi connectivity index (χ1) is 13.6. The van der Waals surface area contributed by atoms with Crippen molar-refractivity contribution in [3.8, 4) is 9.88 Å². The highest BCUT2D eigenvalue weighted by Gasteiger charge is 2.37. The van der Waals surface area contributed by atoms with Gasteiger partial charge in [-0.1, -0.05) is 29.8 Å². The second-order valence-electron chi connectivity index (χ2n) is 7.31. The summed E-state index contributed by atoms with van der Waals surface area (Å²) in [6.45, 7) is 1.27. The Hall–Kier alpha value is -1.73. The number of thiophene rings is 1. The average Bonchev–Trinajstić information content (AvgIpc) is 3.39. The van der Waals surface area contributed by atoms with Gasteiger partial charge in [0.1, 0.15) is 10.7 Å². The van der Waals surface area contributed by atoms with E-state index in [0.717, 1.165) is 28.3 Å². The van der Waals surface area contributed by atoms with Crippen LogP contribution in [0.3, 0.4) is 0 Å². The van der Waals surface area contributed by atoms with E-state index in [4.69, 9.17) is 11.6 Å². The van der Waals surface area contributed by atoms with E-state index in [2.05, 4.69) is 4.98 Å². The zero-order chi connectivity index (χ0) is 19.6. The van der Waals surface area contributed by atoms with Crippen molar-refractivity contribution in [1.82, 2.24) is 9.88 Å². The van der Waals surface area contributed by atoms with Crippen LogP contribution in [-0.2, 0) is 6.42 Å². The standard InChI is InChI=1S/C21H21ClN2O2S2/c22-16-5-1-4-15(10-16)11-21(14-25)7-3-8-24(13-21)20(26)17-12-28-19(23-17)18-6-2-9-27-18/h1-2,4-6,9-10,12,25H,3,7-8,11,13-14H2/t21-/m1/s1. The van der Waals surface area contributed by atoms with Crippen LogP contribution >= 0.6 is 34.3 Å². The second kappa shape index (κ2) is 8.33. The molecule has 28 heavy (non-hydrogen) atoms. The van der Waals surface area contributed by atoms with Gasteiger partial charge >= 0.3 is 0 Å². The molecule has 3 heterocycles. The number of amides is 1. The normalized spacial score (nSPS) is 19.7. The number of rotatable bonds is 5. The van der Waals surface area contributed by atoms with Crippen molar-refractivity contribution in [3.05, 3.63) is 63.4 Å². The highest BCUT2D eigenvalue weighted by molar-refractivity contribution is 7.20. The number of aromatic nitrogens is 1. The molecular weight excluding hydrogens is 412 g/mol. The number of carbonyl (C=O) groups excluding carboxylic acids is 1. The molecule has 1 aliphatic rings. The topological polar surface area (TPSA) is 53.4 Å². The Kier molecular flexibility index (Phi) is 5.83. The van der Waals surface area contributed by atoms with Gasteiger partial charge in [0.25, 0.3) is 5.91 Å². The van der Waals surface area contributed by atoms with E-state index in [9.17, 15) is 9.90 Å². The highest BCUT2D eigenvalue weighted by atomic mass is 35.5. The average molecular weight is 433 g/mol. The zero-order valence-corrected chi connectivity index (χ0v) is 17.7. The molecule has 1 aliphatic heterocycles. The summed E-state index contributed by atoms with van der Waals surface area (Å²) < 4.78 is 0. The van der Waals surface area contributed by atoms with E-state index in [1.807, 2.05) is 52.1 Å². The molecular formula is C21H21ClN2O2S2. The summed E-state index contributed by atoms with van der Waals surface area (Å²) in [5.74, 6) is -0.0531. The van der Waals surface area contributed by atoms with Gasteiger partial charge in [0.2, 0.25) is 0 Å². The SMILES string of the molecule is O=C(c1csc(-c2cccs2)n1)N1CCC[C@@](CO)(Cc2cccc(Cl)c2)C1. The lowest BCUT2D eigenvalue weighted by Crippen LogP contribution is -2.49. The first-order valence-corrected chi connectivity index (χ1v) is 11.4. The second-order valence-corrected chi connectivity index (χ2v) is 9.55. The van der Waals surface area contributed by atoms with Crippen LogP contribution in [0.25, 0.3) is 9.88 Å². The van der Waals surface area contributed by atoms with Gasteiger partial charge in [-0.25, -0.2) is 4.98 Å². The minimum Gasteiger partial charge on any atom is -0.396 e. The first kappa shape index (κ1) is 19.6. The van der Waals surface area contributed by atoms with Gasteiger partial charge in [0.05, 0.1) is 11.5 Å². The maximum absolute atomic E-state index is 13.1. The number of nitrogens with zero attached hydrogens (tertiary/aromatic N) is 2. The third-order valence-corrected chi connectivity index (χ3v) is 7.32. The summed E-state index contributed by atoms with van der Waals surface area (Å²) >= 11 is 9.24. The highest BCUT2D eigenvalue weighted by Crippen LogP contribution is 2.35. The van der Waals surface area contributed by atoms with Crippen molar-refractivity contribution in [3.63, 3.8) is 0 Å². The minimum atomic E-state index is -0.342. The van der Waals surface area contributed by atoms with Crippen LogP contribution in [0.2, 0.25) is 5.02 Å². The van der Waals surface area contributed by atoms with Crippen LogP contribution in [0.4, 0.5) is 0 Å². The molecule has 0 saturated carbocycles. The van der Waals surface area contributed by atoms with Gasteiger partial charge < -0.3 is 10.0 Å². The minimum absolute atomic E-state index is 0.0425. The molecule has 0 radical (unpaired) electrons. The summed E-state index contributed by atoms with van der Waals surface area (Å²) in [5, 5.41) is 15.6. The van der Waals surface area contributed by atoms with E-state index >= 15 is 0 Å². The number of halogens is 1. The Morgan fingerprint density at radius 1 is 1.29 bits per heavy atom. The molecule has 4 rings (SSSR count). The summed E-state index contributed by atoms with van der Waals surface area (Å²) in [6, 6.07) is 11.7. The smallest absolute Gasteiger partial charge is 0.273 e. The van der Waals surface area contributed by atoms with E-state index in [1.54, 1.807) is 11.3 Å². The maximum Gasteiger partial charge on any atom is 0.273 e. The fourth-order valence-corrected chi connectivity index (χ4v) is 5.66. The molecule has 146 valence electrons. The van der Waals surface area contributed by atoms with E-state index in [-0.39, 0.29) is 17.9 Å². The van der Waals surface area contributed by atoms with Crippen molar-refractivity contribution < 1.29 is 9.90 Å². The van der Waals surface area contributed by atoms with Crippen molar-refractivity contribution in [2.75, 3.05) is 19.7 Å². The summed E-state index contributed by atoms with van der Waals surface area (Å²) in [7, 11) is 0. The number of aliphatic hydroxyl groups excluding tert-OH is 1. The predicted octanol–water partition coefficient (Wildman–Crippen LogP) is 4.98. The Morgan fingerprint density at radius 2 is 2.18 bits per heavy atom. The maximum atomic E-state index is 13.1. The van der Waals surface area contributed by atoms with E-state index in [0.29, 0.717) is 30.2 Å². The van der Waals surface area contributed by atoms with Gasteiger partial charge in [-0.15, -0.1) is 22.7 Å². The van der Waals surface area contributed by atoms with Crippen molar-refractivity contribution >= 4 is 40.2 Å². The number of hydrogen-bond donors (Lipinski definition) is 1. The molecule has 3 aromatic rings. The number of benzene rings is 1. The number of likely N-dealkylation sites (tertiary alicyclic amines) is 1. The molecule has 1 saturated heterocycles. The van der Waals surface area contributed by atoms with Gasteiger partial charge in [-0.3, -0.25) is 4.79 Å². The molecule has 0 unspecified atom stereocenters. The first-order valence-electron chi connectivity index (χ1n) is 9.23. The Morgan fingerprint density at radius 3 is 2.93 bits per heavy atom. The Labute approximate surface area is 177 Å². The summed E-state index contributed by atoms with van der Waals surface area (Å²) in [4.78, 5) is 20.5. The lowest BCUT2D eigenvalue weighted by molar-refractivity contribution is 0.0268. The van der Waals surface area contributed by atoms with Crippen molar-refractivity contribution in [2.24, 2.45) is 5.41 Å². The number of hydrogen-bond acceptors (Lipinski definition) is 5. The van der Waals surface area contributed by atoms with Crippen LogP contribution < -0.4 is 0 Å². The van der Waals surface area contributed by atoms with E-state index < -0.39 is 0 Å². The van der Waals surface area contributed by atoms with E-state index in [1.165, 1.54) is 11.3 Å². The summed E-state index contributed by atoms with van der Waals surface area (Å²) in [5.41, 5.74) is 1.24. The third kappa shape index (κ3) is 4.15. The number of thiazole rings is 1. The number of aliphatic hydroxyl groups is 1. The van der Waals surface area contributed by atoms with Crippen LogP contribution in [0.15, 0.2) is 47.2 Å². The van der Waals surface area contributed by atoms with Crippen molar-refractivity contribution in [1.29, 1.82) is 0 Å². The monoisotopic (exact) mass is 432 g/mol. The fourth-order valence-electron chi connectivity index (χ4n) is 3.84. The quantitative estimate of drug-likeness (QED) is 0.618. The van der Waals surface area contributed by atoms with Crippen LogP contribution in [0.1, 0.15) is 28.9 Å². The van der Waals surface area contributed by atoms with Crippen molar-refractivity contribution in [2.45, 2.75) is 19.3 Å². The van der Waals surface area contributed by atoms with Gasteiger partial charge in [-0.05, 0) is 48.4 Å². The third-order valence-electron chi connectivity index (χ3n) is 5.21. The lowest BCUT2D eigenvalue weighted by atomic mass is 9.75. The Balaban J connectivity index is 1.51. The largest absolute Gasteiger partial charge is 0.396 e. The molecule has 1 N–H and O–H groups in total. The molecule has 1 atom stereocenters. The molecule has 2 aromatic heterocycles. The van der Waals surface area contributed by atoms with Gasteiger partial charge in [-0.2, -0.15) is 0 Å². The zero-order valence-electron chi connectivity index (χ0n) is 15.3. The van der Waals surface area contributed by atoms with Crippen LogP contribution in [-0.4, -0.2) is 40.6 Å². The molecule has 0 spiro atoms.